The summed E-state index contributed by atoms with van der Waals surface area (Å²) in [6, 6.07) is 7.87. The van der Waals surface area contributed by atoms with Crippen molar-refractivity contribution in [3.05, 3.63) is 53.7 Å². The van der Waals surface area contributed by atoms with Gasteiger partial charge in [-0.1, -0.05) is 0 Å². The number of hydrogen-bond acceptors (Lipinski definition) is 8. The number of pyridine rings is 1. The molecule has 1 aliphatic rings. The van der Waals surface area contributed by atoms with Gasteiger partial charge in [-0.15, -0.1) is 0 Å². The number of halogens is 1. The summed E-state index contributed by atoms with van der Waals surface area (Å²) in [6.45, 7) is 9.24. The number of nitrogens with zero attached hydrogens (tertiary/aromatic N) is 7. The Morgan fingerprint density at radius 3 is 2.60 bits per heavy atom. The van der Waals surface area contributed by atoms with Crippen molar-refractivity contribution in [3.8, 4) is 11.3 Å². The van der Waals surface area contributed by atoms with Gasteiger partial charge >= 0.3 is 0 Å². The van der Waals surface area contributed by atoms with Crippen LogP contribution in [-0.4, -0.2) is 92.1 Å². The molecule has 1 amide bonds. The van der Waals surface area contributed by atoms with Crippen LogP contribution in [0.1, 0.15) is 42.7 Å². The number of imidazole rings is 1. The molecule has 1 saturated heterocycles. The van der Waals surface area contributed by atoms with Gasteiger partial charge in [0.2, 0.25) is 5.95 Å². The number of anilines is 2. The minimum atomic E-state index is -1.09. The number of aromatic nitrogens is 5. The van der Waals surface area contributed by atoms with Crippen molar-refractivity contribution >= 4 is 28.6 Å². The fourth-order valence-corrected chi connectivity index (χ4v) is 5.49. The fraction of sp³-hybridized carbons (Fsp3) is 0.484. The highest BCUT2D eigenvalue weighted by molar-refractivity contribution is 6.05. The summed E-state index contributed by atoms with van der Waals surface area (Å²) >= 11 is 0. The third-order valence-electron chi connectivity index (χ3n) is 7.98. The van der Waals surface area contributed by atoms with E-state index in [4.69, 9.17) is 0 Å². The SMILES string of the molecule is Cc1c(-c2nccc(C(=O)Nc3nc4ccc(N5CCC(NCCN(C)C)CC5)cc4n3CC(C)(C)O)c2F)cnn1C. The molecule has 11 nitrogen and oxygen atoms in total. The minimum absolute atomic E-state index is 0.0598. The normalized spacial score (nSPS) is 14.7. The zero-order valence-corrected chi connectivity index (χ0v) is 25.9. The van der Waals surface area contributed by atoms with E-state index in [0.717, 1.165) is 55.9 Å². The molecule has 3 aromatic heterocycles. The van der Waals surface area contributed by atoms with Crippen LogP contribution in [0.3, 0.4) is 0 Å². The molecule has 43 heavy (non-hydrogen) atoms. The van der Waals surface area contributed by atoms with Crippen molar-refractivity contribution in [1.82, 2.24) is 34.5 Å². The second kappa shape index (κ2) is 12.4. The van der Waals surface area contributed by atoms with E-state index < -0.39 is 17.3 Å². The highest BCUT2D eigenvalue weighted by Gasteiger charge is 2.25. The Labute approximate surface area is 251 Å². The first-order valence-corrected chi connectivity index (χ1v) is 14.7. The summed E-state index contributed by atoms with van der Waals surface area (Å²) in [5.41, 5.74) is 2.58. The van der Waals surface area contributed by atoms with Gasteiger partial charge in [0.15, 0.2) is 5.82 Å². The van der Waals surface area contributed by atoms with E-state index in [0.29, 0.717) is 17.1 Å². The lowest BCUT2D eigenvalue weighted by molar-refractivity contribution is 0.0630. The van der Waals surface area contributed by atoms with Gasteiger partial charge in [-0.25, -0.2) is 9.37 Å². The Bertz CT molecular complexity index is 1600. The van der Waals surface area contributed by atoms with Crippen LogP contribution in [0, 0.1) is 12.7 Å². The molecule has 0 aliphatic carbocycles. The Morgan fingerprint density at radius 2 is 1.95 bits per heavy atom. The number of aryl methyl sites for hydroxylation is 1. The van der Waals surface area contributed by atoms with E-state index in [-0.39, 0.29) is 23.8 Å². The lowest BCUT2D eigenvalue weighted by Gasteiger charge is -2.34. The third-order valence-corrected chi connectivity index (χ3v) is 7.98. The molecule has 5 rings (SSSR count). The molecule has 0 bridgehead atoms. The van der Waals surface area contributed by atoms with Crippen molar-refractivity contribution in [1.29, 1.82) is 0 Å². The Balaban J connectivity index is 1.39. The molecule has 0 radical (unpaired) electrons. The number of hydrogen-bond donors (Lipinski definition) is 3. The van der Waals surface area contributed by atoms with Gasteiger partial charge in [0, 0.05) is 62.4 Å². The summed E-state index contributed by atoms with van der Waals surface area (Å²) in [7, 11) is 5.92. The first kappa shape index (κ1) is 30.6. The lowest BCUT2D eigenvalue weighted by atomic mass is 10.0. The summed E-state index contributed by atoms with van der Waals surface area (Å²) in [5, 5.41) is 21.4. The van der Waals surface area contributed by atoms with Crippen LogP contribution in [0.5, 0.6) is 0 Å². The van der Waals surface area contributed by atoms with Gasteiger partial charge in [-0.2, -0.15) is 5.10 Å². The quantitative estimate of drug-likeness (QED) is 0.257. The topological polar surface area (TPSA) is 116 Å². The predicted octanol–water partition coefficient (Wildman–Crippen LogP) is 3.42. The largest absolute Gasteiger partial charge is 0.389 e. The molecule has 1 aromatic carbocycles. The van der Waals surface area contributed by atoms with Crippen molar-refractivity contribution in [2.45, 2.75) is 51.8 Å². The van der Waals surface area contributed by atoms with E-state index in [1.165, 1.54) is 18.5 Å². The zero-order chi connectivity index (χ0) is 30.9. The first-order chi connectivity index (χ1) is 20.4. The van der Waals surface area contributed by atoms with Crippen LogP contribution in [0.25, 0.3) is 22.3 Å². The molecule has 3 N–H and O–H groups in total. The van der Waals surface area contributed by atoms with E-state index in [1.807, 2.05) is 19.1 Å². The van der Waals surface area contributed by atoms with Gasteiger partial charge in [0.1, 0.15) is 5.69 Å². The van der Waals surface area contributed by atoms with Gasteiger partial charge < -0.3 is 24.8 Å². The summed E-state index contributed by atoms with van der Waals surface area (Å²) < 4.78 is 19.0. The summed E-state index contributed by atoms with van der Waals surface area (Å²) in [5.74, 6) is -1.15. The molecule has 1 aliphatic heterocycles. The van der Waals surface area contributed by atoms with E-state index >= 15 is 4.39 Å². The minimum Gasteiger partial charge on any atom is -0.389 e. The van der Waals surface area contributed by atoms with Crippen LogP contribution in [0.2, 0.25) is 0 Å². The molecule has 0 spiro atoms. The second-order valence-corrected chi connectivity index (χ2v) is 12.3. The number of nitrogens with one attached hydrogen (secondary N) is 2. The molecule has 12 heteroatoms. The van der Waals surface area contributed by atoms with E-state index in [9.17, 15) is 9.90 Å². The zero-order valence-electron chi connectivity index (χ0n) is 25.9. The van der Waals surface area contributed by atoms with Crippen LogP contribution < -0.4 is 15.5 Å². The molecule has 0 unspecified atom stereocenters. The Kier molecular flexibility index (Phi) is 8.81. The van der Waals surface area contributed by atoms with Crippen molar-refractivity contribution in [2.75, 3.05) is 50.5 Å². The summed E-state index contributed by atoms with van der Waals surface area (Å²) in [4.78, 5) is 26.8. The van der Waals surface area contributed by atoms with Crippen molar-refractivity contribution in [3.63, 3.8) is 0 Å². The lowest BCUT2D eigenvalue weighted by Crippen LogP contribution is -2.44. The number of carbonyl (C=O) groups is 1. The number of likely N-dealkylation sites (N-methyl/N-ethyl adjacent to an activating group) is 1. The number of piperidine rings is 1. The molecule has 0 atom stereocenters. The van der Waals surface area contributed by atoms with Crippen LogP contribution in [0.4, 0.5) is 16.0 Å². The molecular formula is C31H42FN9O2. The van der Waals surface area contributed by atoms with Crippen molar-refractivity contribution in [2.24, 2.45) is 7.05 Å². The van der Waals surface area contributed by atoms with E-state index in [2.05, 4.69) is 55.7 Å². The molecular weight excluding hydrogens is 549 g/mol. The maximum Gasteiger partial charge on any atom is 0.261 e. The average molecular weight is 592 g/mol. The third kappa shape index (κ3) is 6.87. The Hall–Kier alpha value is -3.87. The maximum absolute atomic E-state index is 15.6. The molecule has 1 fully saturated rings. The van der Waals surface area contributed by atoms with Crippen LogP contribution >= 0.6 is 0 Å². The van der Waals surface area contributed by atoms with Gasteiger partial charge in [0.25, 0.3) is 5.91 Å². The highest BCUT2D eigenvalue weighted by atomic mass is 19.1. The van der Waals surface area contributed by atoms with Gasteiger partial charge in [-0.05, 0) is 72.0 Å². The maximum atomic E-state index is 15.6. The van der Waals surface area contributed by atoms with Crippen molar-refractivity contribution < 1.29 is 14.3 Å². The number of rotatable bonds is 10. The smallest absolute Gasteiger partial charge is 0.261 e. The van der Waals surface area contributed by atoms with Gasteiger partial charge in [0.05, 0.1) is 34.9 Å². The monoisotopic (exact) mass is 591 g/mol. The Morgan fingerprint density at radius 1 is 1.21 bits per heavy atom. The summed E-state index contributed by atoms with van der Waals surface area (Å²) in [6.07, 6.45) is 5.04. The van der Waals surface area contributed by atoms with Gasteiger partial charge in [-0.3, -0.25) is 19.8 Å². The van der Waals surface area contributed by atoms with Crippen LogP contribution in [0.15, 0.2) is 36.7 Å². The molecule has 4 aromatic rings. The van der Waals surface area contributed by atoms with Crippen LogP contribution in [-0.2, 0) is 13.6 Å². The molecule has 4 heterocycles. The fourth-order valence-electron chi connectivity index (χ4n) is 5.49. The number of fused-ring (bicyclic) bond motifs is 1. The second-order valence-electron chi connectivity index (χ2n) is 12.3. The average Bonchev–Trinajstić information content (AvgIpc) is 3.46. The number of amides is 1. The standard InChI is InChI=1S/C31H42FN9O2/c1-20-24(18-35-39(20)6)28-27(32)23(9-12-34-28)29(42)37-30-36-25-8-7-22(17-26(25)41(30)19-31(2,3)43)40-14-10-21(11-15-40)33-13-16-38(4)5/h7-9,12,17-18,21,33,43H,10-11,13-16,19H2,1-6H3,(H,36,37,42). The first-order valence-electron chi connectivity index (χ1n) is 14.7. The molecule has 230 valence electrons. The molecule has 0 saturated carbocycles. The predicted molar refractivity (Wildman–Crippen MR) is 167 cm³/mol. The number of carbonyl (C=O) groups excluding carboxylic acids is 1. The highest BCUT2D eigenvalue weighted by Crippen LogP contribution is 2.30. The number of benzene rings is 1. The van der Waals surface area contributed by atoms with E-state index in [1.54, 1.807) is 30.1 Å². The number of aliphatic hydroxyl groups is 1.